The van der Waals surface area contributed by atoms with Crippen LogP contribution in [0, 0.1) is 0 Å². The second kappa shape index (κ2) is 7.67. The molecule has 0 unspecified atom stereocenters. The van der Waals surface area contributed by atoms with E-state index in [4.69, 9.17) is 0 Å². The van der Waals surface area contributed by atoms with Crippen LogP contribution in [-0.2, 0) is 5.54 Å². The van der Waals surface area contributed by atoms with Crippen LogP contribution in [0.15, 0.2) is 91.0 Å². The number of hydrogen-bond donors (Lipinski definition) is 2. The highest BCUT2D eigenvalue weighted by Crippen LogP contribution is 2.40. The smallest absolute Gasteiger partial charge is 0.117 e. The van der Waals surface area contributed by atoms with Crippen LogP contribution in [-0.4, -0.2) is 10.8 Å². The third-order valence-corrected chi connectivity index (χ3v) is 5.72. The molecule has 138 valence electrons. The molecule has 0 heterocycles. The topological polar surface area (TPSA) is 32.3 Å². The average Bonchev–Trinajstić information content (AvgIpc) is 2.74. The molecule has 2 nitrogen and oxygen atoms in total. The van der Waals surface area contributed by atoms with E-state index in [9.17, 15) is 5.11 Å². The molecule has 0 atom stereocenters. The van der Waals surface area contributed by atoms with Crippen LogP contribution in [0.5, 0.6) is 0 Å². The van der Waals surface area contributed by atoms with Gasteiger partial charge in [0.15, 0.2) is 0 Å². The maximum absolute atomic E-state index is 11.5. The van der Waals surface area contributed by atoms with Crippen LogP contribution >= 0.6 is 0 Å². The molecule has 0 saturated heterocycles. The van der Waals surface area contributed by atoms with Gasteiger partial charge in [-0.2, -0.15) is 0 Å². The van der Waals surface area contributed by atoms with Crippen LogP contribution in [0.4, 0.5) is 0 Å². The summed E-state index contributed by atoms with van der Waals surface area (Å²) in [4.78, 5) is 0. The quantitative estimate of drug-likeness (QED) is 0.485. The lowest BCUT2D eigenvalue weighted by molar-refractivity contribution is -0.0445. The van der Waals surface area contributed by atoms with Crippen LogP contribution < -0.4 is 5.32 Å². The first-order valence-corrected chi connectivity index (χ1v) is 9.91. The Labute approximate surface area is 161 Å². The lowest BCUT2D eigenvalue weighted by Crippen LogP contribution is -2.58. The van der Waals surface area contributed by atoms with E-state index in [0.29, 0.717) is 0 Å². The maximum Gasteiger partial charge on any atom is 0.117 e. The predicted octanol–water partition coefficient (Wildman–Crippen LogP) is 5.22. The Bertz CT molecular complexity index is 743. The Kier molecular flexibility index (Phi) is 5.11. The third kappa shape index (κ3) is 3.55. The van der Waals surface area contributed by atoms with Crippen molar-refractivity contribution in [2.75, 3.05) is 0 Å². The van der Waals surface area contributed by atoms with E-state index in [2.05, 4.69) is 78.1 Å². The van der Waals surface area contributed by atoms with Gasteiger partial charge in [0.05, 0.1) is 5.54 Å². The molecule has 2 N–H and O–H groups in total. The second-order valence-corrected chi connectivity index (χ2v) is 7.57. The summed E-state index contributed by atoms with van der Waals surface area (Å²) < 4.78 is 0. The highest BCUT2D eigenvalue weighted by Gasteiger charge is 2.43. The summed E-state index contributed by atoms with van der Waals surface area (Å²) in [5, 5.41) is 15.2. The number of aliphatic hydroxyl groups is 1. The van der Waals surface area contributed by atoms with Crippen LogP contribution in [0.1, 0.15) is 48.8 Å². The summed E-state index contributed by atoms with van der Waals surface area (Å²) in [6.07, 6.45) is 4.86. The van der Waals surface area contributed by atoms with Gasteiger partial charge < -0.3 is 5.11 Å². The van der Waals surface area contributed by atoms with Gasteiger partial charge in [0.2, 0.25) is 0 Å². The Balaban J connectivity index is 1.94. The fourth-order valence-corrected chi connectivity index (χ4v) is 4.39. The SMILES string of the molecule is OC1(NC(c2ccccc2)(c2ccccc2)c2ccccc2)CCCCC1. The molecular formula is C25H27NO. The molecule has 2 heteroatoms. The van der Waals surface area contributed by atoms with E-state index in [1.165, 1.54) is 6.42 Å². The van der Waals surface area contributed by atoms with Crippen LogP contribution in [0.2, 0.25) is 0 Å². The highest BCUT2D eigenvalue weighted by atomic mass is 16.3. The zero-order chi connectivity index (χ0) is 18.6. The van der Waals surface area contributed by atoms with Crippen molar-refractivity contribution >= 4 is 0 Å². The summed E-state index contributed by atoms with van der Waals surface area (Å²) in [6.45, 7) is 0. The first-order chi connectivity index (χ1) is 13.2. The fourth-order valence-electron chi connectivity index (χ4n) is 4.39. The molecule has 3 aromatic rings. The Morgan fingerprint density at radius 2 is 0.963 bits per heavy atom. The van der Waals surface area contributed by atoms with Crippen molar-refractivity contribution in [1.29, 1.82) is 0 Å². The summed E-state index contributed by atoms with van der Waals surface area (Å²) in [5.41, 5.74) is 1.94. The molecule has 0 aliphatic heterocycles. The van der Waals surface area contributed by atoms with Gasteiger partial charge in [0.25, 0.3) is 0 Å². The second-order valence-electron chi connectivity index (χ2n) is 7.57. The number of rotatable bonds is 5. The lowest BCUT2D eigenvalue weighted by Gasteiger charge is -2.45. The van der Waals surface area contributed by atoms with E-state index < -0.39 is 11.3 Å². The normalized spacial score (nSPS) is 16.8. The zero-order valence-electron chi connectivity index (χ0n) is 15.6. The monoisotopic (exact) mass is 357 g/mol. The molecule has 1 aliphatic carbocycles. The van der Waals surface area contributed by atoms with E-state index >= 15 is 0 Å². The van der Waals surface area contributed by atoms with E-state index in [1.807, 2.05) is 18.2 Å². The molecule has 4 rings (SSSR count). The first kappa shape index (κ1) is 18.0. The summed E-state index contributed by atoms with van der Waals surface area (Å²) in [5.74, 6) is 0. The van der Waals surface area contributed by atoms with Gasteiger partial charge >= 0.3 is 0 Å². The number of hydrogen-bond acceptors (Lipinski definition) is 2. The summed E-state index contributed by atoms with van der Waals surface area (Å²) in [6, 6.07) is 31.5. The van der Waals surface area contributed by atoms with Gasteiger partial charge in [0.1, 0.15) is 5.72 Å². The number of benzene rings is 3. The molecule has 0 amide bonds. The Morgan fingerprint density at radius 3 is 1.33 bits per heavy atom. The van der Waals surface area contributed by atoms with Gasteiger partial charge in [-0.05, 0) is 42.4 Å². The molecule has 1 saturated carbocycles. The van der Waals surface area contributed by atoms with Crippen LogP contribution in [0.3, 0.4) is 0 Å². The maximum atomic E-state index is 11.5. The molecule has 0 aromatic heterocycles. The van der Waals surface area contributed by atoms with Crippen molar-refractivity contribution in [3.8, 4) is 0 Å². The van der Waals surface area contributed by atoms with E-state index in [-0.39, 0.29) is 0 Å². The molecule has 3 aromatic carbocycles. The highest BCUT2D eigenvalue weighted by molar-refractivity contribution is 5.49. The molecule has 1 aliphatic rings. The van der Waals surface area contributed by atoms with Crippen LogP contribution in [0.25, 0.3) is 0 Å². The first-order valence-electron chi connectivity index (χ1n) is 9.91. The van der Waals surface area contributed by atoms with Gasteiger partial charge in [-0.1, -0.05) is 97.4 Å². The molecule has 27 heavy (non-hydrogen) atoms. The molecular weight excluding hydrogens is 330 g/mol. The Morgan fingerprint density at radius 1 is 0.593 bits per heavy atom. The van der Waals surface area contributed by atoms with Crippen molar-refractivity contribution in [2.24, 2.45) is 0 Å². The standard InChI is InChI=1S/C25H27NO/c27-24(19-11-4-12-20-24)26-25(21-13-5-1-6-14-21,22-15-7-2-8-16-22)23-17-9-3-10-18-23/h1-3,5-10,13-18,26-27H,4,11-12,19-20H2. The largest absolute Gasteiger partial charge is 0.376 e. The van der Waals surface area contributed by atoms with Gasteiger partial charge in [-0.3, -0.25) is 5.32 Å². The third-order valence-electron chi connectivity index (χ3n) is 5.72. The molecule has 0 spiro atoms. The minimum Gasteiger partial charge on any atom is -0.376 e. The minimum atomic E-state index is -0.875. The predicted molar refractivity (Wildman–Crippen MR) is 110 cm³/mol. The van der Waals surface area contributed by atoms with Gasteiger partial charge in [-0.15, -0.1) is 0 Å². The Hall–Kier alpha value is -2.42. The molecule has 1 fully saturated rings. The van der Waals surface area contributed by atoms with Gasteiger partial charge in [0, 0.05) is 0 Å². The number of nitrogens with one attached hydrogen (secondary N) is 1. The summed E-state index contributed by atoms with van der Waals surface area (Å²) >= 11 is 0. The molecule has 0 radical (unpaired) electrons. The van der Waals surface area contributed by atoms with E-state index in [1.54, 1.807) is 0 Å². The van der Waals surface area contributed by atoms with Crippen molar-refractivity contribution < 1.29 is 5.11 Å². The lowest BCUT2D eigenvalue weighted by atomic mass is 9.75. The fraction of sp³-hybridized carbons (Fsp3) is 0.280. The minimum absolute atomic E-state index is 0.601. The van der Waals surface area contributed by atoms with Crippen molar-refractivity contribution in [1.82, 2.24) is 5.32 Å². The van der Waals surface area contributed by atoms with Crippen molar-refractivity contribution in [3.63, 3.8) is 0 Å². The average molecular weight is 357 g/mol. The van der Waals surface area contributed by atoms with E-state index in [0.717, 1.165) is 42.4 Å². The van der Waals surface area contributed by atoms with Crippen molar-refractivity contribution in [3.05, 3.63) is 108 Å². The van der Waals surface area contributed by atoms with Gasteiger partial charge in [-0.25, -0.2) is 0 Å². The zero-order valence-corrected chi connectivity index (χ0v) is 15.6. The summed E-state index contributed by atoms with van der Waals surface area (Å²) in [7, 11) is 0. The molecule has 0 bridgehead atoms. The van der Waals surface area contributed by atoms with Crippen molar-refractivity contribution in [2.45, 2.75) is 43.4 Å².